The van der Waals surface area contributed by atoms with E-state index in [1.165, 1.54) is 12.1 Å². The number of aromatic hydroxyl groups is 2. The highest BCUT2D eigenvalue weighted by Gasteiger charge is 2.13. The number of rotatable bonds is 5. The number of fused-ring (bicyclic) bond motifs is 1. The molecule has 4 rings (SSSR count). The molecule has 7 heteroatoms. The second-order valence-electron chi connectivity index (χ2n) is 6.88. The maximum absolute atomic E-state index is 12.5. The van der Waals surface area contributed by atoms with Gasteiger partial charge in [-0.3, -0.25) is 0 Å². The topological polar surface area (TPSA) is 102 Å². The molecule has 0 heterocycles. The molecule has 0 saturated heterocycles. The molecule has 0 aliphatic heterocycles. The first-order valence-electron chi connectivity index (χ1n) is 9.57. The van der Waals surface area contributed by atoms with E-state index in [-0.39, 0.29) is 11.3 Å². The second kappa shape index (κ2) is 8.69. The number of ether oxygens (including phenoxy) is 3. The number of methoxy groups -OCH3 is 1. The predicted octanol–water partition coefficient (Wildman–Crippen LogP) is 4.70. The third-order valence-electron chi connectivity index (χ3n) is 4.74. The number of phenolic OH excluding ortho intramolecular Hbond substituents is 2. The zero-order valence-electron chi connectivity index (χ0n) is 16.9. The SMILES string of the molecule is COc1ccc(OC(=O)c2ccc3cc(OC(=O)c4ccc(O)c(O)c4)ccc3c2)cc1. The summed E-state index contributed by atoms with van der Waals surface area (Å²) in [6.45, 7) is 0. The van der Waals surface area contributed by atoms with Gasteiger partial charge < -0.3 is 24.4 Å². The average Bonchev–Trinajstić information content (AvgIpc) is 2.81. The van der Waals surface area contributed by atoms with Gasteiger partial charge in [-0.25, -0.2) is 9.59 Å². The van der Waals surface area contributed by atoms with Gasteiger partial charge in [0.25, 0.3) is 0 Å². The highest BCUT2D eigenvalue weighted by molar-refractivity contribution is 5.97. The summed E-state index contributed by atoms with van der Waals surface area (Å²) in [6.07, 6.45) is 0. The van der Waals surface area contributed by atoms with E-state index in [1.807, 2.05) is 0 Å². The Kier molecular flexibility index (Phi) is 5.63. The lowest BCUT2D eigenvalue weighted by atomic mass is 10.1. The van der Waals surface area contributed by atoms with Crippen LogP contribution < -0.4 is 14.2 Å². The van der Waals surface area contributed by atoms with Crippen molar-refractivity contribution in [3.8, 4) is 28.7 Å². The highest BCUT2D eigenvalue weighted by atomic mass is 16.5. The number of hydrogen-bond donors (Lipinski definition) is 2. The van der Waals surface area contributed by atoms with Gasteiger partial charge in [0.15, 0.2) is 11.5 Å². The first-order chi connectivity index (χ1) is 15.4. The third-order valence-corrected chi connectivity index (χ3v) is 4.74. The van der Waals surface area contributed by atoms with Crippen LogP contribution >= 0.6 is 0 Å². The van der Waals surface area contributed by atoms with Crippen LogP contribution in [0.5, 0.6) is 28.7 Å². The van der Waals surface area contributed by atoms with Gasteiger partial charge in [-0.05, 0) is 77.5 Å². The van der Waals surface area contributed by atoms with E-state index in [9.17, 15) is 19.8 Å². The van der Waals surface area contributed by atoms with Crippen LogP contribution in [0.1, 0.15) is 20.7 Å². The van der Waals surface area contributed by atoms with Gasteiger partial charge in [0.1, 0.15) is 17.2 Å². The molecule has 2 N–H and O–H groups in total. The Balaban J connectivity index is 1.49. The van der Waals surface area contributed by atoms with Crippen molar-refractivity contribution in [2.24, 2.45) is 0 Å². The molecule has 160 valence electrons. The minimum absolute atomic E-state index is 0.0945. The van der Waals surface area contributed by atoms with E-state index >= 15 is 0 Å². The Bertz CT molecular complexity index is 1310. The normalized spacial score (nSPS) is 10.5. The van der Waals surface area contributed by atoms with E-state index in [1.54, 1.807) is 67.8 Å². The lowest BCUT2D eigenvalue weighted by Crippen LogP contribution is -2.09. The summed E-state index contributed by atoms with van der Waals surface area (Å²) in [5.74, 6) is -0.559. The van der Waals surface area contributed by atoms with Crippen molar-refractivity contribution in [1.82, 2.24) is 0 Å². The van der Waals surface area contributed by atoms with E-state index in [2.05, 4.69) is 0 Å². The summed E-state index contributed by atoms with van der Waals surface area (Å²) in [5.41, 5.74) is 0.467. The fourth-order valence-corrected chi connectivity index (χ4v) is 3.04. The summed E-state index contributed by atoms with van der Waals surface area (Å²) in [4.78, 5) is 24.8. The van der Waals surface area contributed by atoms with Crippen LogP contribution in [0.2, 0.25) is 0 Å². The number of hydrogen-bond acceptors (Lipinski definition) is 7. The fraction of sp³-hybridized carbons (Fsp3) is 0.0400. The van der Waals surface area contributed by atoms with Gasteiger partial charge in [0.2, 0.25) is 0 Å². The standard InChI is InChI=1S/C25H18O7/c1-30-19-7-9-20(10-8-19)31-24(28)17-3-2-16-13-21(6-4-15(16)12-17)32-25(29)18-5-11-22(26)23(27)14-18/h2-14,26-27H,1H3. The van der Waals surface area contributed by atoms with Crippen molar-refractivity contribution in [3.05, 3.63) is 90.0 Å². The second-order valence-corrected chi connectivity index (χ2v) is 6.88. The van der Waals surface area contributed by atoms with Gasteiger partial charge in [-0.15, -0.1) is 0 Å². The van der Waals surface area contributed by atoms with Crippen LogP contribution in [0.15, 0.2) is 78.9 Å². The Labute approximate surface area is 183 Å². The summed E-state index contributed by atoms with van der Waals surface area (Å²) >= 11 is 0. The number of carbonyl (C=O) groups excluding carboxylic acids is 2. The van der Waals surface area contributed by atoms with Crippen molar-refractivity contribution in [2.75, 3.05) is 7.11 Å². The molecular weight excluding hydrogens is 412 g/mol. The van der Waals surface area contributed by atoms with E-state index < -0.39 is 17.7 Å². The van der Waals surface area contributed by atoms with Crippen LogP contribution in [-0.4, -0.2) is 29.3 Å². The van der Waals surface area contributed by atoms with E-state index in [0.29, 0.717) is 22.8 Å². The molecule has 32 heavy (non-hydrogen) atoms. The molecule has 0 aliphatic carbocycles. The molecule has 0 aliphatic rings. The van der Waals surface area contributed by atoms with Gasteiger partial charge in [-0.1, -0.05) is 12.1 Å². The van der Waals surface area contributed by atoms with Crippen LogP contribution in [0.4, 0.5) is 0 Å². The van der Waals surface area contributed by atoms with Gasteiger partial charge in [0.05, 0.1) is 18.2 Å². The van der Waals surface area contributed by atoms with Crippen LogP contribution in [-0.2, 0) is 0 Å². The number of benzene rings is 4. The minimum Gasteiger partial charge on any atom is -0.504 e. The highest BCUT2D eigenvalue weighted by Crippen LogP contribution is 2.27. The first-order valence-corrected chi connectivity index (χ1v) is 9.57. The third kappa shape index (κ3) is 4.46. The molecule has 7 nitrogen and oxygen atoms in total. The lowest BCUT2D eigenvalue weighted by Gasteiger charge is -2.08. The number of esters is 2. The fourth-order valence-electron chi connectivity index (χ4n) is 3.04. The number of phenols is 2. The zero-order chi connectivity index (χ0) is 22.7. The summed E-state index contributed by atoms with van der Waals surface area (Å²) in [5, 5.41) is 20.4. The molecule has 4 aromatic rings. The molecular formula is C25H18O7. The predicted molar refractivity (Wildman–Crippen MR) is 117 cm³/mol. The quantitative estimate of drug-likeness (QED) is 0.269. The maximum Gasteiger partial charge on any atom is 0.343 e. The molecule has 0 atom stereocenters. The van der Waals surface area contributed by atoms with E-state index in [0.717, 1.165) is 16.8 Å². The van der Waals surface area contributed by atoms with Crippen molar-refractivity contribution < 1.29 is 34.0 Å². The van der Waals surface area contributed by atoms with Crippen LogP contribution in [0.25, 0.3) is 10.8 Å². The molecule has 0 spiro atoms. The Morgan fingerprint density at radius 1 is 0.594 bits per heavy atom. The summed E-state index contributed by atoms with van der Waals surface area (Å²) in [7, 11) is 1.56. The van der Waals surface area contributed by atoms with Crippen molar-refractivity contribution >= 4 is 22.7 Å². The zero-order valence-corrected chi connectivity index (χ0v) is 16.9. The lowest BCUT2D eigenvalue weighted by molar-refractivity contribution is 0.0725. The van der Waals surface area contributed by atoms with Gasteiger partial charge in [0, 0.05) is 0 Å². The first kappa shape index (κ1) is 20.7. The largest absolute Gasteiger partial charge is 0.504 e. The average molecular weight is 430 g/mol. The Hall–Kier alpha value is -4.52. The minimum atomic E-state index is -0.681. The summed E-state index contributed by atoms with van der Waals surface area (Å²) in [6, 6.07) is 20.4. The molecule has 4 aromatic carbocycles. The number of carbonyl (C=O) groups is 2. The van der Waals surface area contributed by atoms with Crippen molar-refractivity contribution in [3.63, 3.8) is 0 Å². The van der Waals surface area contributed by atoms with Crippen molar-refractivity contribution in [1.29, 1.82) is 0 Å². The van der Waals surface area contributed by atoms with Crippen LogP contribution in [0, 0.1) is 0 Å². The molecule has 0 bridgehead atoms. The molecule has 0 radical (unpaired) electrons. The van der Waals surface area contributed by atoms with Gasteiger partial charge in [-0.2, -0.15) is 0 Å². The van der Waals surface area contributed by atoms with Crippen LogP contribution in [0.3, 0.4) is 0 Å². The van der Waals surface area contributed by atoms with Crippen molar-refractivity contribution in [2.45, 2.75) is 0 Å². The smallest absolute Gasteiger partial charge is 0.343 e. The molecule has 0 unspecified atom stereocenters. The maximum atomic E-state index is 12.5. The molecule has 0 fully saturated rings. The van der Waals surface area contributed by atoms with E-state index in [4.69, 9.17) is 14.2 Å². The Morgan fingerprint density at radius 3 is 1.81 bits per heavy atom. The Morgan fingerprint density at radius 2 is 1.12 bits per heavy atom. The van der Waals surface area contributed by atoms with Gasteiger partial charge >= 0.3 is 11.9 Å². The summed E-state index contributed by atoms with van der Waals surface area (Å²) < 4.78 is 15.8. The monoisotopic (exact) mass is 430 g/mol. The molecule has 0 saturated carbocycles. The molecule has 0 aromatic heterocycles. The molecule has 0 amide bonds.